The predicted octanol–water partition coefficient (Wildman–Crippen LogP) is 6.45. The maximum Gasteiger partial charge on any atom is 0.340 e. The van der Waals surface area contributed by atoms with Crippen molar-refractivity contribution in [1.29, 1.82) is 0 Å². The van der Waals surface area contributed by atoms with Crippen LogP contribution in [-0.2, 0) is 20.9 Å². The number of benzene rings is 3. The highest BCUT2D eigenvalue weighted by atomic mass is 35.5. The van der Waals surface area contributed by atoms with Crippen molar-refractivity contribution in [3.8, 4) is 5.75 Å². The highest BCUT2D eigenvalue weighted by Crippen LogP contribution is 2.37. The van der Waals surface area contributed by atoms with Crippen LogP contribution in [0.15, 0.2) is 89.6 Å². The number of hydrogen-bond acceptors (Lipinski definition) is 4. The van der Waals surface area contributed by atoms with Crippen molar-refractivity contribution in [3.63, 3.8) is 0 Å². The molecule has 0 spiro atoms. The third-order valence-corrected chi connectivity index (χ3v) is 5.77. The first kappa shape index (κ1) is 23.6. The molecule has 4 rings (SSSR count). The monoisotopic (exact) mass is 493 g/mol. The number of allylic oxidation sites excluding steroid dienone is 1. The number of anilines is 1. The lowest BCUT2D eigenvalue weighted by Crippen LogP contribution is -2.24. The van der Waals surface area contributed by atoms with E-state index >= 15 is 0 Å². The average Bonchev–Trinajstić information content (AvgIpc) is 3.07. The Morgan fingerprint density at radius 1 is 0.971 bits per heavy atom. The minimum atomic E-state index is -0.601. The second kappa shape index (κ2) is 10.2. The number of carbonyl (C=O) groups excluding carboxylic acids is 2. The summed E-state index contributed by atoms with van der Waals surface area (Å²) in [5, 5.41) is 0.762. The molecule has 0 aromatic heterocycles. The van der Waals surface area contributed by atoms with Gasteiger partial charge in [0.25, 0.3) is 5.91 Å². The maximum atomic E-state index is 13.4. The third-order valence-electron chi connectivity index (χ3n) is 5.33. The van der Waals surface area contributed by atoms with Crippen molar-refractivity contribution < 1.29 is 19.1 Å². The molecule has 0 bridgehead atoms. The molecule has 172 valence electrons. The first-order chi connectivity index (χ1) is 16.4. The molecule has 0 atom stereocenters. The Labute approximate surface area is 207 Å². The summed E-state index contributed by atoms with van der Waals surface area (Å²) in [6.45, 7) is 2.13. The standard InChI is InChI=1S/C27H21Cl2NO4/c1-17-25(27(32)33-2)24(26(31)30(17)22-14-20(28)13-21(29)15-22)12-18-8-10-23(11-9-18)34-16-19-6-4-3-5-7-19/h3-15H,16H2,1-2H3/b24-12-. The van der Waals surface area contributed by atoms with Crippen molar-refractivity contribution in [2.45, 2.75) is 13.5 Å². The summed E-state index contributed by atoms with van der Waals surface area (Å²) < 4.78 is 10.8. The molecule has 0 radical (unpaired) electrons. The highest BCUT2D eigenvalue weighted by molar-refractivity contribution is 6.35. The molecule has 1 aliphatic heterocycles. The minimum absolute atomic E-state index is 0.188. The molecule has 0 saturated carbocycles. The number of carbonyl (C=O) groups is 2. The lowest BCUT2D eigenvalue weighted by molar-refractivity contribution is -0.136. The zero-order valence-electron chi connectivity index (χ0n) is 18.5. The molecule has 1 heterocycles. The summed E-state index contributed by atoms with van der Waals surface area (Å²) in [5.74, 6) is -0.282. The quantitative estimate of drug-likeness (QED) is 0.292. The van der Waals surface area contributed by atoms with Crippen LogP contribution in [0.5, 0.6) is 5.75 Å². The molecule has 1 aliphatic rings. The molecule has 0 fully saturated rings. The molecule has 0 aliphatic carbocycles. The van der Waals surface area contributed by atoms with Gasteiger partial charge in [0.05, 0.1) is 23.9 Å². The lowest BCUT2D eigenvalue weighted by Gasteiger charge is -2.18. The van der Waals surface area contributed by atoms with E-state index in [2.05, 4.69) is 0 Å². The molecule has 0 saturated heterocycles. The van der Waals surface area contributed by atoms with Crippen LogP contribution in [0, 0.1) is 0 Å². The fraction of sp³-hybridized carbons (Fsp3) is 0.111. The SMILES string of the molecule is COC(=O)C1=C(C)N(c2cc(Cl)cc(Cl)c2)C(=O)/C1=C\c1ccc(OCc2ccccc2)cc1. The van der Waals surface area contributed by atoms with Crippen LogP contribution in [0.1, 0.15) is 18.1 Å². The van der Waals surface area contributed by atoms with E-state index in [9.17, 15) is 9.59 Å². The van der Waals surface area contributed by atoms with Crippen LogP contribution in [0.3, 0.4) is 0 Å². The van der Waals surface area contributed by atoms with E-state index in [0.717, 1.165) is 11.1 Å². The van der Waals surface area contributed by atoms with Crippen LogP contribution >= 0.6 is 23.2 Å². The van der Waals surface area contributed by atoms with Gasteiger partial charge in [-0.2, -0.15) is 0 Å². The second-order valence-corrected chi connectivity index (χ2v) is 8.49. The second-order valence-electron chi connectivity index (χ2n) is 7.62. The van der Waals surface area contributed by atoms with Gasteiger partial charge in [0.1, 0.15) is 12.4 Å². The molecule has 3 aromatic rings. The lowest BCUT2D eigenvalue weighted by atomic mass is 10.0. The summed E-state index contributed by atoms with van der Waals surface area (Å²) in [4.78, 5) is 27.4. The van der Waals surface area contributed by atoms with Gasteiger partial charge < -0.3 is 9.47 Å². The van der Waals surface area contributed by atoms with Gasteiger partial charge in [-0.05, 0) is 54.5 Å². The van der Waals surface area contributed by atoms with Gasteiger partial charge in [-0.15, -0.1) is 0 Å². The van der Waals surface area contributed by atoms with E-state index in [1.807, 2.05) is 54.6 Å². The van der Waals surface area contributed by atoms with Crippen LogP contribution in [0.4, 0.5) is 5.69 Å². The molecule has 0 N–H and O–H groups in total. The molecular formula is C27H21Cl2NO4. The van der Waals surface area contributed by atoms with Crippen molar-refractivity contribution in [1.82, 2.24) is 0 Å². The average molecular weight is 494 g/mol. The largest absolute Gasteiger partial charge is 0.489 e. The summed E-state index contributed by atoms with van der Waals surface area (Å²) in [6, 6.07) is 21.9. The summed E-state index contributed by atoms with van der Waals surface area (Å²) in [7, 11) is 1.28. The van der Waals surface area contributed by atoms with E-state index in [4.69, 9.17) is 32.7 Å². The maximum absolute atomic E-state index is 13.4. The van der Waals surface area contributed by atoms with Gasteiger partial charge in [0.2, 0.25) is 0 Å². The van der Waals surface area contributed by atoms with Crippen molar-refractivity contribution in [2.75, 3.05) is 12.0 Å². The molecule has 3 aromatic carbocycles. The van der Waals surface area contributed by atoms with Crippen molar-refractivity contribution in [3.05, 3.63) is 111 Å². The Kier molecular flexibility index (Phi) is 7.06. The highest BCUT2D eigenvalue weighted by Gasteiger charge is 2.38. The summed E-state index contributed by atoms with van der Waals surface area (Å²) >= 11 is 12.3. The first-order valence-corrected chi connectivity index (χ1v) is 11.2. The van der Waals surface area contributed by atoms with Crippen molar-refractivity contribution in [2.24, 2.45) is 0 Å². The zero-order chi connectivity index (χ0) is 24.2. The number of halogens is 2. The molecule has 0 unspecified atom stereocenters. The van der Waals surface area contributed by atoms with Crippen LogP contribution in [0.2, 0.25) is 10.0 Å². The van der Waals surface area contributed by atoms with E-state index in [1.54, 1.807) is 31.2 Å². The number of rotatable bonds is 6. The topological polar surface area (TPSA) is 55.8 Å². The fourth-order valence-corrected chi connectivity index (χ4v) is 4.24. The van der Waals surface area contributed by atoms with Gasteiger partial charge in [0, 0.05) is 15.7 Å². The van der Waals surface area contributed by atoms with Gasteiger partial charge in [-0.3, -0.25) is 9.69 Å². The van der Waals surface area contributed by atoms with Gasteiger partial charge in [-0.25, -0.2) is 4.79 Å². The van der Waals surface area contributed by atoms with Crippen LogP contribution < -0.4 is 9.64 Å². The number of hydrogen-bond donors (Lipinski definition) is 0. The third kappa shape index (κ3) is 5.01. The first-order valence-electron chi connectivity index (χ1n) is 10.5. The van der Waals surface area contributed by atoms with E-state index in [1.165, 1.54) is 12.0 Å². The number of methoxy groups -OCH3 is 1. The molecule has 34 heavy (non-hydrogen) atoms. The number of nitrogens with zero attached hydrogens (tertiary/aromatic N) is 1. The van der Waals surface area contributed by atoms with E-state index in [0.29, 0.717) is 33.8 Å². The smallest absolute Gasteiger partial charge is 0.340 e. The Balaban J connectivity index is 1.63. The molecule has 7 heteroatoms. The number of amides is 1. The Morgan fingerprint density at radius 2 is 1.62 bits per heavy atom. The zero-order valence-corrected chi connectivity index (χ0v) is 20.1. The number of ether oxygens (including phenoxy) is 2. The molecule has 1 amide bonds. The van der Waals surface area contributed by atoms with Crippen LogP contribution in [0.25, 0.3) is 6.08 Å². The minimum Gasteiger partial charge on any atom is -0.489 e. The number of esters is 1. The van der Waals surface area contributed by atoms with E-state index < -0.39 is 5.97 Å². The van der Waals surface area contributed by atoms with Gasteiger partial charge >= 0.3 is 5.97 Å². The van der Waals surface area contributed by atoms with Crippen LogP contribution in [-0.4, -0.2) is 19.0 Å². The Hall–Kier alpha value is -3.54. The Bertz CT molecular complexity index is 1280. The summed E-state index contributed by atoms with van der Waals surface area (Å²) in [6.07, 6.45) is 1.66. The molecular weight excluding hydrogens is 473 g/mol. The Morgan fingerprint density at radius 3 is 2.24 bits per heavy atom. The fourth-order valence-electron chi connectivity index (χ4n) is 3.73. The predicted molar refractivity (Wildman–Crippen MR) is 134 cm³/mol. The van der Waals surface area contributed by atoms with Gasteiger partial charge in [0.15, 0.2) is 0 Å². The van der Waals surface area contributed by atoms with E-state index in [-0.39, 0.29) is 17.1 Å². The summed E-state index contributed by atoms with van der Waals surface area (Å²) in [5.41, 5.74) is 3.11. The normalized spacial score (nSPS) is 14.6. The molecule has 5 nitrogen and oxygen atoms in total. The van der Waals surface area contributed by atoms with Crippen molar-refractivity contribution >= 4 is 46.8 Å². The van der Waals surface area contributed by atoms with Gasteiger partial charge in [-0.1, -0.05) is 65.7 Å².